The summed E-state index contributed by atoms with van der Waals surface area (Å²) in [6, 6.07) is 0. The third kappa shape index (κ3) is 1.68. The molecule has 0 N–H and O–H groups in total. The summed E-state index contributed by atoms with van der Waals surface area (Å²) in [7, 11) is -3.26. The molecule has 1 aromatic heterocycles. The van der Waals surface area contributed by atoms with Gasteiger partial charge in [0.1, 0.15) is 0 Å². The van der Waals surface area contributed by atoms with Crippen LogP contribution < -0.4 is 0 Å². The van der Waals surface area contributed by atoms with Gasteiger partial charge >= 0.3 is 0 Å². The van der Waals surface area contributed by atoms with E-state index in [1.54, 1.807) is 0 Å². The molecule has 7 heteroatoms. The zero-order valence-electron chi connectivity index (χ0n) is 7.97. The summed E-state index contributed by atoms with van der Waals surface area (Å²) in [6.45, 7) is 0.265. The molecule has 1 aliphatic rings. The first kappa shape index (κ1) is 11.0. The van der Waals surface area contributed by atoms with Crippen molar-refractivity contribution in [1.82, 2.24) is 9.97 Å². The summed E-state index contributed by atoms with van der Waals surface area (Å²) in [5.74, 6) is 0.305. The predicted octanol–water partition coefficient (Wildman–Crippen LogP) is 0.509. The van der Waals surface area contributed by atoms with Crippen molar-refractivity contribution in [2.75, 3.05) is 19.5 Å². The van der Waals surface area contributed by atoms with E-state index in [1.165, 1.54) is 18.6 Å². The van der Waals surface area contributed by atoms with Crippen LogP contribution in [-0.4, -0.2) is 37.9 Å². The lowest BCUT2D eigenvalue weighted by Crippen LogP contribution is -2.53. The summed E-state index contributed by atoms with van der Waals surface area (Å²) in [4.78, 5) is 8.04. The summed E-state index contributed by atoms with van der Waals surface area (Å²) in [5.41, 5.74) is 0. The number of hydrogen-bond donors (Lipinski definition) is 0. The molecule has 82 valence electrons. The van der Waals surface area contributed by atoms with Crippen molar-refractivity contribution in [3.05, 3.63) is 22.7 Å². The van der Waals surface area contributed by atoms with Gasteiger partial charge < -0.3 is 4.74 Å². The van der Waals surface area contributed by atoms with Crippen LogP contribution in [0.2, 0.25) is 0 Å². The highest BCUT2D eigenvalue weighted by atomic mass is 79.9. The summed E-state index contributed by atoms with van der Waals surface area (Å²) in [6.07, 6.45) is 4.25. The summed E-state index contributed by atoms with van der Waals surface area (Å²) in [5, 5.41) is 0. The second kappa shape index (κ2) is 3.50. The first-order valence-corrected chi connectivity index (χ1v) is 6.89. The van der Waals surface area contributed by atoms with E-state index in [0.717, 1.165) is 4.47 Å². The molecule has 0 saturated carbocycles. The van der Waals surface area contributed by atoms with Crippen molar-refractivity contribution in [2.24, 2.45) is 0 Å². The standard InChI is InChI=1S/C8H9BrN2O3S/c1-15(12,13)8(4-14-5-8)7-10-2-6(9)3-11-7/h2-3H,4-5H2,1H3. The second-order valence-corrected chi connectivity index (χ2v) is 6.73. The molecule has 0 unspecified atom stereocenters. The van der Waals surface area contributed by atoms with Gasteiger partial charge in [-0.25, -0.2) is 18.4 Å². The van der Waals surface area contributed by atoms with Crippen molar-refractivity contribution in [2.45, 2.75) is 4.75 Å². The molecule has 0 atom stereocenters. The number of nitrogens with zero attached hydrogens (tertiary/aromatic N) is 2. The van der Waals surface area contributed by atoms with Crippen LogP contribution >= 0.6 is 15.9 Å². The SMILES string of the molecule is CS(=O)(=O)C1(c2ncc(Br)cn2)COC1. The molecular weight excluding hydrogens is 284 g/mol. The van der Waals surface area contributed by atoms with E-state index in [0.29, 0.717) is 5.82 Å². The van der Waals surface area contributed by atoms with E-state index in [1.807, 2.05) is 0 Å². The van der Waals surface area contributed by atoms with E-state index in [-0.39, 0.29) is 13.2 Å². The fraction of sp³-hybridized carbons (Fsp3) is 0.500. The van der Waals surface area contributed by atoms with Crippen molar-refractivity contribution in [1.29, 1.82) is 0 Å². The molecule has 0 bridgehead atoms. The van der Waals surface area contributed by atoms with E-state index in [9.17, 15) is 8.42 Å². The molecule has 5 nitrogen and oxygen atoms in total. The minimum atomic E-state index is -3.26. The first-order valence-electron chi connectivity index (χ1n) is 4.21. The molecule has 0 aromatic carbocycles. The topological polar surface area (TPSA) is 69.2 Å². The number of ether oxygens (including phenoxy) is 1. The highest BCUT2D eigenvalue weighted by Crippen LogP contribution is 2.35. The zero-order valence-corrected chi connectivity index (χ0v) is 10.4. The number of rotatable bonds is 2. The third-order valence-corrected chi connectivity index (χ3v) is 4.66. The van der Waals surface area contributed by atoms with Gasteiger partial charge in [-0.15, -0.1) is 0 Å². The van der Waals surface area contributed by atoms with Crippen LogP contribution in [0.15, 0.2) is 16.9 Å². The highest BCUT2D eigenvalue weighted by Gasteiger charge is 2.52. The predicted molar refractivity (Wildman–Crippen MR) is 57.1 cm³/mol. The zero-order chi connectivity index (χ0) is 11.1. The molecule has 0 amide bonds. The molecule has 2 rings (SSSR count). The molecule has 0 aliphatic carbocycles. The van der Waals surface area contributed by atoms with Crippen molar-refractivity contribution in [3.8, 4) is 0 Å². The molecule has 2 heterocycles. The minimum absolute atomic E-state index is 0.132. The molecule has 1 aromatic rings. The number of sulfone groups is 1. The minimum Gasteiger partial charge on any atom is -0.377 e. The van der Waals surface area contributed by atoms with Gasteiger partial charge in [-0.05, 0) is 15.9 Å². The molecule has 0 radical (unpaired) electrons. The van der Waals surface area contributed by atoms with E-state index >= 15 is 0 Å². The van der Waals surface area contributed by atoms with Gasteiger partial charge in [-0.3, -0.25) is 0 Å². The Morgan fingerprint density at radius 2 is 1.93 bits per heavy atom. The van der Waals surface area contributed by atoms with Crippen molar-refractivity contribution >= 4 is 25.8 Å². The number of halogens is 1. The Labute approximate surface area is 95.9 Å². The fourth-order valence-corrected chi connectivity index (χ4v) is 2.58. The molecular formula is C8H9BrN2O3S. The van der Waals surface area contributed by atoms with Crippen molar-refractivity contribution in [3.63, 3.8) is 0 Å². The van der Waals surface area contributed by atoms with Crippen LogP contribution in [0, 0.1) is 0 Å². The molecule has 1 aliphatic heterocycles. The van der Waals surface area contributed by atoms with Gasteiger partial charge in [0.25, 0.3) is 0 Å². The van der Waals surface area contributed by atoms with Crippen LogP contribution in [-0.2, 0) is 19.3 Å². The Morgan fingerprint density at radius 1 is 1.40 bits per heavy atom. The second-order valence-electron chi connectivity index (χ2n) is 3.48. The van der Waals surface area contributed by atoms with Crippen LogP contribution in [0.1, 0.15) is 5.82 Å². The maximum absolute atomic E-state index is 11.6. The molecule has 1 saturated heterocycles. The average Bonchev–Trinajstić information content (AvgIpc) is 2.03. The quantitative estimate of drug-likeness (QED) is 0.794. The van der Waals surface area contributed by atoms with Gasteiger partial charge in [0.2, 0.25) is 0 Å². The summed E-state index contributed by atoms with van der Waals surface area (Å²) < 4.78 is 27.9. The van der Waals surface area contributed by atoms with Crippen LogP contribution in [0.3, 0.4) is 0 Å². The largest absolute Gasteiger partial charge is 0.377 e. The van der Waals surface area contributed by atoms with Crippen LogP contribution in [0.4, 0.5) is 0 Å². The maximum Gasteiger partial charge on any atom is 0.177 e. The normalized spacial score (nSPS) is 19.6. The van der Waals surface area contributed by atoms with Gasteiger partial charge in [-0.1, -0.05) is 0 Å². The lowest BCUT2D eigenvalue weighted by Gasteiger charge is -2.37. The fourth-order valence-electron chi connectivity index (χ4n) is 1.34. The number of hydrogen-bond acceptors (Lipinski definition) is 5. The molecule has 0 spiro atoms. The Bertz CT molecular complexity index is 467. The third-order valence-electron chi connectivity index (χ3n) is 2.41. The highest BCUT2D eigenvalue weighted by molar-refractivity contribution is 9.10. The van der Waals surface area contributed by atoms with Gasteiger partial charge in [0, 0.05) is 18.6 Å². The number of aromatic nitrogens is 2. The van der Waals surface area contributed by atoms with E-state index in [4.69, 9.17) is 4.74 Å². The van der Waals surface area contributed by atoms with Crippen molar-refractivity contribution < 1.29 is 13.2 Å². The van der Waals surface area contributed by atoms with Gasteiger partial charge in [0.15, 0.2) is 20.4 Å². The van der Waals surface area contributed by atoms with Gasteiger partial charge in [-0.2, -0.15) is 0 Å². The Morgan fingerprint density at radius 3 is 2.27 bits per heavy atom. The Balaban J connectivity index is 2.48. The maximum atomic E-state index is 11.6. The Kier molecular flexibility index (Phi) is 2.56. The first-order chi connectivity index (χ1) is 6.96. The van der Waals surface area contributed by atoms with E-state index in [2.05, 4.69) is 25.9 Å². The van der Waals surface area contributed by atoms with Gasteiger partial charge in [0.05, 0.1) is 17.7 Å². The smallest absolute Gasteiger partial charge is 0.177 e. The Hall–Kier alpha value is -0.530. The molecule has 15 heavy (non-hydrogen) atoms. The lowest BCUT2D eigenvalue weighted by atomic mass is 10.1. The van der Waals surface area contributed by atoms with Crippen LogP contribution in [0.25, 0.3) is 0 Å². The lowest BCUT2D eigenvalue weighted by molar-refractivity contribution is -0.0195. The van der Waals surface area contributed by atoms with E-state index < -0.39 is 14.6 Å². The monoisotopic (exact) mass is 292 g/mol. The van der Waals surface area contributed by atoms with Crippen LogP contribution in [0.5, 0.6) is 0 Å². The summed E-state index contributed by atoms with van der Waals surface area (Å²) >= 11 is 3.20. The molecule has 1 fully saturated rings. The average molecular weight is 293 g/mol.